The number of hydrogen-bond donors (Lipinski definition) is 2. The number of amides is 1. The lowest BCUT2D eigenvalue weighted by atomic mass is 10.3. The molecule has 2 aromatic rings. The third-order valence-electron chi connectivity index (χ3n) is 2.61. The second-order valence-corrected chi connectivity index (χ2v) is 5.52. The van der Waals surface area contributed by atoms with Crippen LogP contribution in [-0.4, -0.2) is 29.5 Å². The maximum Gasteiger partial charge on any atom is 0.271 e. The van der Waals surface area contributed by atoms with E-state index < -0.39 is 0 Å². The van der Waals surface area contributed by atoms with Gasteiger partial charge in [0.1, 0.15) is 11.5 Å². The average molecular weight is 311 g/mol. The fraction of sp³-hybridized carbons (Fsp3) is 0.308. The van der Waals surface area contributed by atoms with E-state index in [1.807, 2.05) is 12.3 Å². The summed E-state index contributed by atoms with van der Waals surface area (Å²) in [6, 6.07) is 3.37. The van der Waals surface area contributed by atoms with E-state index in [1.54, 1.807) is 30.5 Å². The smallest absolute Gasteiger partial charge is 0.271 e. The molecule has 106 valence electrons. The van der Waals surface area contributed by atoms with E-state index in [9.17, 15) is 4.79 Å². The number of thiazole rings is 1. The zero-order valence-corrected chi connectivity index (χ0v) is 12.8. The second kappa shape index (κ2) is 6.67. The van der Waals surface area contributed by atoms with Gasteiger partial charge < -0.3 is 10.6 Å². The summed E-state index contributed by atoms with van der Waals surface area (Å²) in [5.74, 6) is 0.329. The molecular formula is C13H15ClN4OS. The monoisotopic (exact) mass is 310 g/mol. The molecule has 0 aromatic carbocycles. The molecular weight excluding hydrogens is 296 g/mol. The molecule has 0 aliphatic rings. The molecule has 0 unspecified atom stereocenters. The Morgan fingerprint density at radius 1 is 1.40 bits per heavy atom. The van der Waals surface area contributed by atoms with Crippen LogP contribution < -0.4 is 10.6 Å². The highest BCUT2D eigenvalue weighted by Gasteiger charge is 2.12. The third-order valence-corrected chi connectivity index (χ3v) is 3.94. The fourth-order valence-corrected chi connectivity index (χ4v) is 2.59. The van der Waals surface area contributed by atoms with Gasteiger partial charge in [0, 0.05) is 31.1 Å². The van der Waals surface area contributed by atoms with E-state index in [2.05, 4.69) is 20.6 Å². The van der Waals surface area contributed by atoms with Gasteiger partial charge in [-0.15, -0.1) is 11.3 Å². The minimum atomic E-state index is -0.277. The normalized spacial score (nSPS) is 10.3. The molecule has 2 rings (SSSR count). The molecule has 0 saturated heterocycles. The highest BCUT2D eigenvalue weighted by Crippen LogP contribution is 2.16. The number of nitrogens with zero attached hydrogens (tertiary/aromatic N) is 2. The van der Waals surface area contributed by atoms with Crippen LogP contribution >= 0.6 is 22.9 Å². The van der Waals surface area contributed by atoms with Gasteiger partial charge in [-0.25, -0.2) is 9.97 Å². The zero-order chi connectivity index (χ0) is 14.5. The summed E-state index contributed by atoms with van der Waals surface area (Å²) in [6.45, 7) is 2.46. The van der Waals surface area contributed by atoms with Crippen molar-refractivity contribution in [2.45, 2.75) is 13.3 Å². The van der Waals surface area contributed by atoms with Crippen molar-refractivity contribution in [2.75, 3.05) is 18.9 Å². The molecule has 0 aliphatic heterocycles. The van der Waals surface area contributed by atoms with Crippen molar-refractivity contribution >= 4 is 34.7 Å². The van der Waals surface area contributed by atoms with Crippen LogP contribution in [0.1, 0.15) is 21.2 Å². The van der Waals surface area contributed by atoms with Crippen LogP contribution in [0.4, 0.5) is 5.82 Å². The molecule has 2 heterocycles. The highest BCUT2D eigenvalue weighted by atomic mass is 35.5. The van der Waals surface area contributed by atoms with Crippen molar-refractivity contribution in [1.29, 1.82) is 0 Å². The van der Waals surface area contributed by atoms with Crippen molar-refractivity contribution < 1.29 is 4.79 Å². The van der Waals surface area contributed by atoms with Gasteiger partial charge in [-0.2, -0.15) is 0 Å². The van der Waals surface area contributed by atoms with Crippen molar-refractivity contribution in [3.8, 4) is 0 Å². The van der Waals surface area contributed by atoms with Crippen LogP contribution in [0.5, 0.6) is 0 Å². The number of nitrogens with one attached hydrogen (secondary N) is 2. The molecule has 0 aliphatic carbocycles. The lowest BCUT2D eigenvalue weighted by Gasteiger charge is -2.07. The number of aryl methyl sites for hydroxylation is 1. The topological polar surface area (TPSA) is 66.9 Å². The van der Waals surface area contributed by atoms with Gasteiger partial charge in [0.05, 0.1) is 10.0 Å². The molecule has 0 spiro atoms. The standard InChI is InChI=1S/C13H15ClN4OS/c1-8-7-20-11(17-8)5-6-16-13(19)12-9(14)3-4-10(15-2)18-12/h3-4,7H,5-6H2,1-2H3,(H,15,18)(H,16,19). The molecule has 0 fully saturated rings. The first-order valence-corrected chi connectivity index (χ1v) is 7.39. The average Bonchev–Trinajstić information content (AvgIpc) is 2.85. The van der Waals surface area contributed by atoms with Crippen LogP contribution in [-0.2, 0) is 6.42 Å². The number of carbonyl (C=O) groups is 1. The summed E-state index contributed by atoms with van der Waals surface area (Å²) < 4.78 is 0. The van der Waals surface area contributed by atoms with Crippen molar-refractivity contribution in [1.82, 2.24) is 15.3 Å². The first-order valence-electron chi connectivity index (χ1n) is 6.13. The van der Waals surface area contributed by atoms with Crippen LogP contribution in [0, 0.1) is 6.92 Å². The SMILES string of the molecule is CNc1ccc(Cl)c(C(=O)NCCc2nc(C)cs2)n1. The number of halogens is 1. The van der Waals surface area contributed by atoms with Gasteiger partial charge in [0.25, 0.3) is 5.91 Å². The summed E-state index contributed by atoms with van der Waals surface area (Å²) in [5, 5.41) is 9.01. The molecule has 1 amide bonds. The Labute approximate surface area is 126 Å². The van der Waals surface area contributed by atoms with Crippen LogP contribution in [0.15, 0.2) is 17.5 Å². The number of carbonyl (C=O) groups excluding carboxylic acids is 1. The largest absolute Gasteiger partial charge is 0.373 e. The molecule has 0 atom stereocenters. The Bertz CT molecular complexity index is 614. The quantitative estimate of drug-likeness (QED) is 0.890. The maximum absolute atomic E-state index is 12.0. The zero-order valence-electron chi connectivity index (χ0n) is 11.2. The number of aromatic nitrogens is 2. The Balaban J connectivity index is 1.94. The number of pyridine rings is 1. The molecule has 2 N–H and O–H groups in total. The first-order chi connectivity index (χ1) is 9.60. The predicted molar refractivity (Wildman–Crippen MR) is 81.7 cm³/mol. The minimum absolute atomic E-state index is 0.230. The fourth-order valence-electron chi connectivity index (χ4n) is 1.62. The van der Waals surface area contributed by atoms with Gasteiger partial charge >= 0.3 is 0 Å². The van der Waals surface area contributed by atoms with Crippen molar-refractivity contribution in [3.05, 3.63) is 38.9 Å². The van der Waals surface area contributed by atoms with Gasteiger partial charge in [-0.3, -0.25) is 4.79 Å². The minimum Gasteiger partial charge on any atom is -0.373 e. The summed E-state index contributed by atoms with van der Waals surface area (Å²) in [4.78, 5) is 20.5. The molecule has 2 aromatic heterocycles. The van der Waals surface area contributed by atoms with Crippen LogP contribution in [0.25, 0.3) is 0 Å². The van der Waals surface area contributed by atoms with Crippen molar-refractivity contribution in [2.24, 2.45) is 0 Å². The molecule has 0 bridgehead atoms. The van der Waals surface area contributed by atoms with Gasteiger partial charge in [-0.1, -0.05) is 11.6 Å². The van der Waals surface area contributed by atoms with E-state index in [-0.39, 0.29) is 11.6 Å². The predicted octanol–water partition coefficient (Wildman–Crippen LogP) is 2.51. The highest BCUT2D eigenvalue weighted by molar-refractivity contribution is 7.09. The Morgan fingerprint density at radius 2 is 2.20 bits per heavy atom. The summed E-state index contributed by atoms with van der Waals surface area (Å²) >= 11 is 7.58. The molecule has 5 nitrogen and oxygen atoms in total. The Morgan fingerprint density at radius 3 is 2.85 bits per heavy atom. The van der Waals surface area contributed by atoms with E-state index in [1.165, 1.54) is 0 Å². The van der Waals surface area contributed by atoms with Crippen LogP contribution in [0.3, 0.4) is 0 Å². The lowest BCUT2D eigenvalue weighted by molar-refractivity contribution is 0.0949. The number of hydrogen-bond acceptors (Lipinski definition) is 5. The van der Waals surface area contributed by atoms with E-state index in [0.29, 0.717) is 23.8 Å². The van der Waals surface area contributed by atoms with E-state index in [4.69, 9.17) is 11.6 Å². The molecule has 20 heavy (non-hydrogen) atoms. The van der Waals surface area contributed by atoms with E-state index >= 15 is 0 Å². The number of anilines is 1. The molecule has 0 radical (unpaired) electrons. The summed E-state index contributed by atoms with van der Waals surface area (Å²) in [5.41, 5.74) is 1.23. The summed E-state index contributed by atoms with van der Waals surface area (Å²) in [6.07, 6.45) is 0.702. The Hall–Kier alpha value is -1.66. The lowest BCUT2D eigenvalue weighted by Crippen LogP contribution is -2.27. The van der Waals surface area contributed by atoms with Gasteiger partial charge in [0.2, 0.25) is 0 Å². The molecule has 7 heteroatoms. The first kappa shape index (κ1) is 14.7. The van der Waals surface area contributed by atoms with E-state index in [0.717, 1.165) is 10.7 Å². The number of rotatable bonds is 5. The van der Waals surface area contributed by atoms with Gasteiger partial charge in [-0.05, 0) is 19.1 Å². The van der Waals surface area contributed by atoms with Crippen molar-refractivity contribution in [3.63, 3.8) is 0 Å². The Kier molecular flexibility index (Phi) is 4.92. The maximum atomic E-state index is 12.0. The van der Waals surface area contributed by atoms with Gasteiger partial charge in [0.15, 0.2) is 0 Å². The summed E-state index contributed by atoms with van der Waals surface area (Å²) in [7, 11) is 1.74. The molecule has 0 saturated carbocycles. The second-order valence-electron chi connectivity index (χ2n) is 4.17. The van der Waals surface area contributed by atoms with Crippen LogP contribution in [0.2, 0.25) is 5.02 Å². The third kappa shape index (κ3) is 3.68.